The Bertz CT molecular complexity index is 1820. The smallest absolute Gasteiger partial charge is 0.416 e. The second-order valence-corrected chi connectivity index (χ2v) is 21.9. The number of H-pyrrole nitrogens is 1. The zero-order chi connectivity index (χ0) is 32.6. The highest BCUT2D eigenvalue weighted by Gasteiger charge is 2.36. The van der Waals surface area contributed by atoms with E-state index in [4.69, 9.17) is 32.7 Å². The van der Waals surface area contributed by atoms with Crippen LogP contribution in [0.1, 0.15) is 35.7 Å². The number of rotatable bonds is 8. The molecule has 1 fully saturated rings. The Kier molecular flexibility index (Phi) is 9.47. The van der Waals surface area contributed by atoms with Crippen molar-refractivity contribution in [2.75, 3.05) is 25.4 Å². The van der Waals surface area contributed by atoms with Gasteiger partial charge < -0.3 is 14.5 Å². The summed E-state index contributed by atoms with van der Waals surface area (Å²) >= 11 is 12.4. The molecule has 8 nitrogen and oxygen atoms in total. The fourth-order valence-electron chi connectivity index (χ4n) is 6.18. The summed E-state index contributed by atoms with van der Waals surface area (Å²) in [7, 11) is -4.69. The molecule has 1 saturated heterocycles. The van der Waals surface area contributed by atoms with Crippen LogP contribution in [-0.4, -0.2) is 68.3 Å². The summed E-state index contributed by atoms with van der Waals surface area (Å²) in [5.74, 6) is 1.35. The average Bonchev–Trinajstić information content (AvgIpc) is 3.39. The first kappa shape index (κ1) is 32.9. The standard InChI is InChI=1S/C34H39Cl2N3O5SSi/c1-46(2,3)21-20-45(41,42)38-17-14-28(15-18-38)43-26-9-4-23(5-10-26)33-32-29(30-22-25(36)8-13-31(30)37-32)16-19-39(33)34(40)44-27-11-6-24(35)7-12-27/h4-13,22,28,33,37H,14-21H2,1-3H3. The maximum atomic E-state index is 13.6. The van der Waals surface area contributed by atoms with E-state index in [-0.39, 0.29) is 11.9 Å². The largest absolute Gasteiger partial charge is 0.490 e. The molecule has 0 saturated carbocycles. The first-order chi connectivity index (χ1) is 21.9. The molecule has 3 aromatic carbocycles. The fourth-order valence-corrected chi connectivity index (χ4v) is 11.0. The molecule has 0 aliphatic carbocycles. The van der Waals surface area contributed by atoms with Crippen LogP contribution in [-0.2, 0) is 16.4 Å². The Morgan fingerprint density at radius 3 is 2.24 bits per heavy atom. The number of amides is 1. The number of benzene rings is 3. The third-order valence-electron chi connectivity index (χ3n) is 8.75. The van der Waals surface area contributed by atoms with Gasteiger partial charge in [0.15, 0.2) is 0 Å². The predicted molar refractivity (Wildman–Crippen MR) is 187 cm³/mol. The van der Waals surface area contributed by atoms with Crippen molar-refractivity contribution in [3.63, 3.8) is 0 Å². The molecule has 2 aliphatic heterocycles. The average molecular weight is 701 g/mol. The molecule has 4 aromatic rings. The first-order valence-corrected chi connectivity index (χ1v) is 21.7. The van der Waals surface area contributed by atoms with Gasteiger partial charge in [0.25, 0.3) is 0 Å². The van der Waals surface area contributed by atoms with Crippen LogP contribution in [0, 0.1) is 0 Å². The molecule has 2 aliphatic rings. The van der Waals surface area contributed by atoms with Crippen molar-refractivity contribution in [1.29, 1.82) is 0 Å². The van der Waals surface area contributed by atoms with Crippen LogP contribution in [0.5, 0.6) is 11.5 Å². The maximum Gasteiger partial charge on any atom is 0.416 e. The van der Waals surface area contributed by atoms with Crippen molar-refractivity contribution in [3.8, 4) is 11.5 Å². The molecule has 6 rings (SSSR count). The molecule has 0 bridgehead atoms. The third kappa shape index (κ3) is 7.42. The summed E-state index contributed by atoms with van der Waals surface area (Å²) in [6.07, 6.45) is 1.40. The number of carbonyl (C=O) groups is 1. The Morgan fingerprint density at radius 2 is 1.57 bits per heavy atom. The lowest BCUT2D eigenvalue weighted by molar-refractivity contribution is 0.134. The van der Waals surface area contributed by atoms with Gasteiger partial charge in [-0.1, -0.05) is 55.0 Å². The number of nitrogens with zero attached hydrogens (tertiary/aromatic N) is 2. The van der Waals surface area contributed by atoms with Gasteiger partial charge in [0.05, 0.1) is 5.75 Å². The molecule has 244 valence electrons. The highest BCUT2D eigenvalue weighted by molar-refractivity contribution is 7.89. The topological polar surface area (TPSA) is 91.9 Å². The molecule has 0 spiro atoms. The van der Waals surface area contributed by atoms with Gasteiger partial charge in [-0.2, -0.15) is 0 Å². The molecule has 12 heteroatoms. The second-order valence-electron chi connectivity index (χ2n) is 13.3. The summed E-state index contributed by atoms with van der Waals surface area (Å²) in [6, 6.07) is 20.6. The SMILES string of the molecule is C[Si](C)(C)CCS(=O)(=O)N1CCC(Oc2ccc(C3c4[nH]c5ccc(Cl)cc5c4CCN3C(=O)Oc3ccc(Cl)cc3)cc2)CC1. The van der Waals surface area contributed by atoms with Gasteiger partial charge >= 0.3 is 6.09 Å². The van der Waals surface area contributed by atoms with Crippen molar-refractivity contribution in [2.45, 2.75) is 57.1 Å². The lowest BCUT2D eigenvalue weighted by Crippen LogP contribution is -2.43. The summed E-state index contributed by atoms with van der Waals surface area (Å²) in [5.41, 5.74) is 3.92. The van der Waals surface area contributed by atoms with E-state index in [9.17, 15) is 13.2 Å². The lowest BCUT2D eigenvalue weighted by Gasteiger charge is -2.35. The normalized spacial score (nSPS) is 18.0. The van der Waals surface area contributed by atoms with E-state index in [1.807, 2.05) is 42.5 Å². The molecule has 3 heterocycles. The number of nitrogens with one attached hydrogen (secondary N) is 1. The molecule has 1 unspecified atom stereocenters. The number of aromatic amines is 1. The number of halogens is 2. The Hall–Kier alpha value is -3.02. The summed E-state index contributed by atoms with van der Waals surface area (Å²) in [6.45, 7) is 7.99. The highest BCUT2D eigenvalue weighted by atomic mass is 35.5. The molecule has 1 aromatic heterocycles. The van der Waals surface area contributed by atoms with E-state index in [1.165, 1.54) is 0 Å². The van der Waals surface area contributed by atoms with E-state index >= 15 is 0 Å². The van der Waals surface area contributed by atoms with Crippen molar-refractivity contribution < 1.29 is 22.7 Å². The monoisotopic (exact) mass is 699 g/mol. The van der Waals surface area contributed by atoms with Crippen LogP contribution in [0.15, 0.2) is 66.7 Å². The van der Waals surface area contributed by atoms with Crippen molar-refractivity contribution in [3.05, 3.63) is 93.6 Å². The number of hydrogen-bond acceptors (Lipinski definition) is 5. The van der Waals surface area contributed by atoms with Gasteiger partial charge in [0.2, 0.25) is 10.0 Å². The van der Waals surface area contributed by atoms with Gasteiger partial charge in [-0.3, -0.25) is 4.90 Å². The van der Waals surface area contributed by atoms with Crippen molar-refractivity contribution >= 4 is 58.3 Å². The molecular formula is C34H39Cl2N3O5SSi. The van der Waals surface area contributed by atoms with Gasteiger partial charge in [-0.15, -0.1) is 0 Å². The molecule has 0 radical (unpaired) electrons. The minimum absolute atomic E-state index is 0.0696. The molecular weight excluding hydrogens is 661 g/mol. The zero-order valence-corrected chi connectivity index (χ0v) is 29.6. The van der Waals surface area contributed by atoms with Gasteiger partial charge in [-0.05, 0) is 91.0 Å². The minimum Gasteiger partial charge on any atom is -0.490 e. The van der Waals surface area contributed by atoms with Crippen molar-refractivity contribution in [2.24, 2.45) is 0 Å². The number of piperidine rings is 1. The fraction of sp³-hybridized carbons (Fsp3) is 0.382. The summed E-state index contributed by atoms with van der Waals surface area (Å²) < 4.78 is 39.5. The molecule has 1 atom stereocenters. The predicted octanol–water partition coefficient (Wildman–Crippen LogP) is 8.13. The van der Waals surface area contributed by atoms with Gasteiger partial charge in [0, 0.05) is 54.4 Å². The van der Waals surface area contributed by atoms with E-state index in [2.05, 4.69) is 24.6 Å². The Morgan fingerprint density at radius 1 is 0.913 bits per heavy atom. The Labute approximate surface area is 281 Å². The zero-order valence-electron chi connectivity index (χ0n) is 26.3. The second kappa shape index (κ2) is 13.2. The summed E-state index contributed by atoms with van der Waals surface area (Å²) in [4.78, 5) is 18.9. The number of sulfonamides is 1. The van der Waals surface area contributed by atoms with E-state index in [1.54, 1.807) is 33.5 Å². The maximum absolute atomic E-state index is 13.6. The van der Waals surface area contributed by atoms with Gasteiger partial charge in [0.1, 0.15) is 23.6 Å². The number of ether oxygens (including phenoxy) is 2. The minimum atomic E-state index is -3.25. The Balaban J connectivity index is 1.19. The quantitative estimate of drug-likeness (QED) is 0.188. The summed E-state index contributed by atoms with van der Waals surface area (Å²) in [5, 5.41) is 2.27. The number of aromatic nitrogens is 1. The highest BCUT2D eigenvalue weighted by Crippen LogP contribution is 2.40. The molecule has 1 amide bonds. The van der Waals surface area contributed by atoms with E-state index in [0.717, 1.165) is 33.8 Å². The number of hydrogen-bond donors (Lipinski definition) is 1. The van der Waals surface area contributed by atoms with Crippen LogP contribution >= 0.6 is 23.2 Å². The van der Waals surface area contributed by atoms with Crippen LogP contribution in [0.4, 0.5) is 4.79 Å². The van der Waals surface area contributed by atoms with E-state index in [0.29, 0.717) is 60.4 Å². The van der Waals surface area contributed by atoms with Crippen molar-refractivity contribution in [1.82, 2.24) is 14.2 Å². The van der Waals surface area contributed by atoms with Crippen LogP contribution in [0.2, 0.25) is 35.7 Å². The van der Waals surface area contributed by atoms with Crippen LogP contribution in [0.3, 0.4) is 0 Å². The molecule has 1 N–H and O–H groups in total. The lowest BCUT2D eigenvalue weighted by atomic mass is 9.92. The first-order valence-electron chi connectivity index (χ1n) is 15.6. The number of fused-ring (bicyclic) bond motifs is 3. The van der Waals surface area contributed by atoms with E-state index < -0.39 is 30.2 Å². The third-order valence-corrected chi connectivity index (χ3v) is 13.2. The van der Waals surface area contributed by atoms with Crippen LogP contribution in [0.25, 0.3) is 10.9 Å². The molecule has 46 heavy (non-hydrogen) atoms. The van der Waals surface area contributed by atoms with Crippen LogP contribution < -0.4 is 9.47 Å². The van der Waals surface area contributed by atoms with Gasteiger partial charge in [-0.25, -0.2) is 17.5 Å². The number of carbonyl (C=O) groups excluding carboxylic acids is 1.